The molecule has 7 nitrogen and oxygen atoms in total. The molecular formula is C19H13N5O2S. The summed E-state index contributed by atoms with van der Waals surface area (Å²) in [6.45, 7) is 0. The number of pyridine rings is 1. The second-order valence-corrected chi connectivity index (χ2v) is 6.31. The van der Waals surface area contributed by atoms with Crippen molar-refractivity contribution in [1.29, 1.82) is 10.5 Å². The highest BCUT2D eigenvalue weighted by Crippen LogP contribution is 2.37. The number of anilines is 1. The third-order valence-electron chi connectivity index (χ3n) is 3.78. The lowest BCUT2D eigenvalue weighted by Crippen LogP contribution is -2.03. The second-order valence-electron chi connectivity index (χ2n) is 5.35. The van der Waals surface area contributed by atoms with E-state index in [1.165, 1.54) is 17.8 Å². The van der Waals surface area contributed by atoms with Gasteiger partial charge in [-0.1, -0.05) is 42.1 Å². The minimum absolute atomic E-state index is 0.000201. The summed E-state index contributed by atoms with van der Waals surface area (Å²) in [4.78, 5) is 14.9. The molecule has 0 unspecified atom stereocenters. The number of thioether (sulfide) groups is 1. The minimum Gasteiger partial charge on any atom is -0.440 e. The number of nitroso groups, excluding NO2 is 1. The zero-order valence-electron chi connectivity index (χ0n) is 14.3. The number of benzene rings is 1. The van der Waals surface area contributed by atoms with Gasteiger partial charge >= 0.3 is 0 Å². The van der Waals surface area contributed by atoms with Crippen LogP contribution < -0.4 is 5.32 Å². The van der Waals surface area contributed by atoms with Crippen LogP contribution in [-0.2, 0) is 5.75 Å². The topological polar surface area (TPSA) is 115 Å². The number of nitrogens with zero attached hydrogens (tertiary/aromatic N) is 4. The van der Waals surface area contributed by atoms with E-state index in [1.54, 1.807) is 13.1 Å². The minimum atomic E-state index is -0.000201. The maximum atomic E-state index is 10.5. The summed E-state index contributed by atoms with van der Waals surface area (Å²) >= 11 is 1.29. The smallest absolute Gasteiger partial charge is 0.260 e. The fourth-order valence-corrected chi connectivity index (χ4v) is 3.47. The molecule has 132 valence electrons. The van der Waals surface area contributed by atoms with Gasteiger partial charge < -0.3 is 9.73 Å². The largest absolute Gasteiger partial charge is 0.440 e. The van der Waals surface area contributed by atoms with E-state index < -0.39 is 0 Å². The van der Waals surface area contributed by atoms with Crippen LogP contribution in [0.5, 0.6) is 0 Å². The Labute approximate surface area is 159 Å². The van der Waals surface area contributed by atoms with E-state index in [-0.39, 0.29) is 5.88 Å². The van der Waals surface area contributed by atoms with Crippen LogP contribution in [0.3, 0.4) is 0 Å². The molecule has 3 rings (SSSR count). The lowest BCUT2D eigenvalue weighted by molar-refractivity contribution is 0.540. The van der Waals surface area contributed by atoms with Gasteiger partial charge in [0, 0.05) is 23.9 Å². The van der Waals surface area contributed by atoms with Gasteiger partial charge in [-0.15, -0.1) is 4.91 Å². The quantitative estimate of drug-likeness (QED) is 0.485. The van der Waals surface area contributed by atoms with Gasteiger partial charge in [0.25, 0.3) is 5.88 Å². The van der Waals surface area contributed by atoms with Gasteiger partial charge in [-0.05, 0) is 11.6 Å². The van der Waals surface area contributed by atoms with Crippen molar-refractivity contribution >= 4 is 23.5 Å². The Kier molecular flexibility index (Phi) is 5.50. The van der Waals surface area contributed by atoms with Crippen LogP contribution >= 0.6 is 11.8 Å². The molecule has 8 heteroatoms. The molecule has 3 aromatic rings. The average molecular weight is 375 g/mol. The molecule has 0 spiro atoms. The highest BCUT2D eigenvalue weighted by Gasteiger charge is 2.21. The molecular weight excluding hydrogens is 362 g/mol. The van der Waals surface area contributed by atoms with Crippen LogP contribution in [0.15, 0.2) is 57.1 Å². The summed E-state index contributed by atoms with van der Waals surface area (Å²) < 4.78 is 5.27. The van der Waals surface area contributed by atoms with Gasteiger partial charge in [0.15, 0.2) is 0 Å². The number of aromatic nitrogens is 1. The van der Waals surface area contributed by atoms with Gasteiger partial charge in [0.2, 0.25) is 0 Å². The number of rotatable bonds is 6. The molecule has 0 atom stereocenters. The monoisotopic (exact) mass is 375 g/mol. The number of nitrogens with one attached hydrogen (secondary N) is 1. The first-order valence-electron chi connectivity index (χ1n) is 7.88. The summed E-state index contributed by atoms with van der Waals surface area (Å²) in [5, 5.41) is 25.5. The van der Waals surface area contributed by atoms with E-state index in [9.17, 15) is 15.4 Å². The van der Waals surface area contributed by atoms with Gasteiger partial charge in [-0.3, -0.25) is 0 Å². The molecule has 0 aliphatic heterocycles. The van der Waals surface area contributed by atoms with Gasteiger partial charge in [-0.25, -0.2) is 4.98 Å². The first-order valence-corrected chi connectivity index (χ1v) is 8.86. The van der Waals surface area contributed by atoms with Crippen molar-refractivity contribution in [2.45, 2.75) is 10.8 Å². The van der Waals surface area contributed by atoms with E-state index in [4.69, 9.17) is 4.42 Å². The highest BCUT2D eigenvalue weighted by atomic mass is 32.2. The average Bonchev–Trinajstić information content (AvgIpc) is 3.19. The Bertz CT molecular complexity index is 1060. The maximum absolute atomic E-state index is 10.5. The van der Waals surface area contributed by atoms with Crippen LogP contribution in [0.1, 0.15) is 16.9 Å². The molecule has 0 radical (unpaired) electrons. The third kappa shape index (κ3) is 3.66. The molecule has 0 saturated heterocycles. The second kappa shape index (κ2) is 8.17. The molecule has 0 saturated carbocycles. The predicted molar refractivity (Wildman–Crippen MR) is 102 cm³/mol. The zero-order valence-corrected chi connectivity index (χ0v) is 15.1. The summed E-state index contributed by atoms with van der Waals surface area (Å²) in [5.41, 5.74) is 1.94. The molecule has 0 amide bonds. The molecule has 0 fully saturated rings. The molecule has 27 heavy (non-hydrogen) atoms. The van der Waals surface area contributed by atoms with Gasteiger partial charge in [0.1, 0.15) is 34.3 Å². The number of hydrogen-bond acceptors (Lipinski definition) is 8. The predicted octanol–water partition coefficient (Wildman–Crippen LogP) is 4.82. The summed E-state index contributed by atoms with van der Waals surface area (Å²) in [6, 6.07) is 16.7. The van der Waals surface area contributed by atoms with Crippen LogP contribution in [0, 0.1) is 27.6 Å². The lowest BCUT2D eigenvalue weighted by atomic mass is 9.97. The van der Waals surface area contributed by atoms with Crippen molar-refractivity contribution in [3.8, 4) is 23.3 Å². The van der Waals surface area contributed by atoms with Crippen molar-refractivity contribution in [2.75, 3.05) is 12.4 Å². The van der Waals surface area contributed by atoms with Crippen molar-refractivity contribution in [1.82, 2.24) is 4.98 Å². The van der Waals surface area contributed by atoms with Gasteiger partial charge in [0.05, 0.1) is 11.3 Å². The molecule has 2 aromatic heterocycles. The number of furan rings is 1. The molecule has 1 aromatic carbocycles. The maximum Gasteiger partial charge on any atom is 0.260 e. The Morgan fingerprint density at radius 2 is 1.89 bits per heavy atom. The third-order valence-corrected chi connectivity index (χ3v) is 4.77. The molecule has 0 bridgehead atoms. The first-order chi connectivity index (χ1) is 13.2. The van der Waals surface area contributed by atoms with Crippen molar-refractivity contribution < 1.29 is 4.42 Å². The number of nitriles is 2. The van der Waals surface area contributed by atoms with E-state index in [0.29, 0.717) is 39.0 Å². The Morgan fingerprint density at radius 1 is 1.15 bits per heavy atom. The Balaban J connectivity index is 2.10. The molecule has 1 N–H and O–H groups in total. The van der Waals surface area contributed by atoms with Crippen LogP contribution in [0.4, 0.5) is 11.7 Å². The summed E-state index contributed by atoms with van der Waals surface area (Å²) in [5.74, 6) is 1.30. The molecule has 0 aliphatic carbocycles. The number of hydrogen-bond donors (Lipinski definition) is 1. The highest BCUT2D eigenvalue weighted by molar-refractivity contribution is 7.98. The van der Waals surface area contributed by atoms with Gasteiger partial charge in [-0.2, -0.15) is 10.5 Å². The standard InChI is InChI=1S/C19H13N5O2S/c1-22-18-14(9-20)17(12-5-3-2-4-6-12)15(10-21)19(23-18)27-11-13-7-8-16(24-25)26-13/h2-8H,11H2,1H3,(H,22,23). The Morgan fingerprint density at radius 3 is 2.48 bits per heavy atom. The van der Waals surface area contributed by atoms with Crippen LogP contribution in [-0.4, -0.2) is 12.0 Å². The normalized spacial score (nSPS) is 10.0. The fraction of sp³-hybridized carbons (Fsp3) is 0.105. The first kappa shape index (κ1) is 18.2. The summed E-state index contributed by atoms with van der Waals surface area (Å²) in [6.07, 6.45) is 0. The SMILES string of the molecule is CNc1nc(SCc2ccc(N=O)o2)c(C#N)c(-c2ccccc2)c1C#N. The van der Waals surface area contributed by atoms with Crippen molar-refractivity contribution in [3.63, 3.8) is 0 Å². The molecule has 0 aliphatic rings. The molecule has 2 heterocycles. The van der Waals surface area contributed by atoms with Crippen molar-refractivity contribution in [2.24, 2.45) is 5.18 Å². The fourth-order valence-electron chi connectivity index (χ4n) is 2.59. The van der Waals surface area contributed by atoms with E-state index in [0.717, 1.165) is 5.56 Å². The van der Waals surface area contributed by atoms with E-state index in [1.807, 2.05) is 30.3 Å². The lowest BCUT2D eigenvalue weighted by Gasteiger charge is -2.14. The zero-order chi connectivity index (χ0) is 19.2. The van der Waals surface area contributed by atoms with E-state index >= 15 is 0 Å². The van der Waals surface area contributed by atoms with Crippen LogP contribution in [0.25, 0.3) is 11.1 Å². The Hall–Kier alpha value is -3.62. The van der Waals surface area contributed by atoms with Crippen LogP contribution in [0.2, 0.25) is 0 Å². The summed E-state index contributed by atoms with van der Waals surface area (Å²) in [7, 11) is 1.67. The van der Waals surface area contributed by atoms with Crippen molar-refractivity contribution in [3.05, 3.63) is 64.3 Å². The van der Waals surface area contributed by atoms with E-state index in [2.05, 4.69) is 27.6 Å².